The molecule has 0 aliphatic carbocycles. The standard InChI is InChI=1S/C8H10ClNO.C5H11N/c1-10-6-3-4-7(9)8(5-6)11-2;1-5-3-2-4-6-5/h3-5,10H,1-2H3;5-6H,2-4H2,1H3. The molecule has 1 aromatic carbocycles. The minimum absolute atomic E-state index is 0.631. The van der Waals surface area contributed by atoms with Gasteiger partial charge < -0.3 is 15.4 Å². The molecule has 1 heterocycles. The molecule has 1 atom stereocenters. The van der Waals surface area contributed by atoms with E-state index in [1.807, 2.05) is 19.2 Å². The second kappa shape index (κ2) is 7.41. The fraction of sp³-hybridized carbons (Fsp3) is 0.538. The first-order valence-corrected chi connectivity index (χ1v) is 6.30. The van der Waals surface area contributed by atoms with Gasteiger partial charge in [-0.1, -0.05) is 11.6 Å². The summed E-state index contributed by atoms with van der Waals surface area (Å²) < 4.78 is 5.02. The Morgan fingerprint density at radius 2 is 2.24 bits per heavy atom. The van der Waals surface area contributed by atoms with Crippen LogP contribution in [0.3, 0.4) is 0 Å². The highest BCUT2D eigenvalue weighted by Crippen LogP contribution is 2.26. The lowest BCUT2D eigenvalue weighted by molar-refractivity contribution is 0.415. The molecular formula is C13H21ClN2O. The lowest BCUT2D eigenvalue weighted by atomic mass is 10.3. The van der Waals surface area contributed by atoms with E-state index in [0.29, 0.717) is 10.8 Å². The van der Waals surface area contributed by atoms with Crippen LogP contribution in [-0.4, -0.2) is 26.7 Å². The van der Waals surface area contributed by atoms with E-state index in [-0.39, 0.29) is 0 Å². The Morgan fingerprint density at radius 3 is 2.65 bits per heavy atom. The first-order chi connectivity index (χ1) is 8.17. The van der Waals surface area contributed by atoms with Gasteiger partial charge in [-0.15, -0.1) is 0 Å². The molecule has 1 aliphatic rings. The molecule has 0 amide bonds. The zero-order valence-electron chi connectivity index (χ0n) is 10.7. The van der Waals surface area contributed by atoms with Gasteiger partial charge in [-0.2, -0.15) is 0 Å². The summed E-state index contributed by atoms with van der Waals surface area (Å²) in [7, 11) is 3.45. The Balaban J connectivity index is 0.000000202. The van der Waals surface area contributed by atoms with Crippen molar-refractivity contribution in [3.63, 3.8) is 0 Å². The number of hydrogen-bond acceptors (Lipinski definition) is 3. The van der Waals surface area contributed by atoms with Gasteiger partial charge in [0.2, 0.25) is 0 Å². The first-order valence-electron chi connectivity index (χ1n) is 5.92. The van der Waals surface area contributed by atoms with Crippen molar-refractivity contribution >= 4 is 17.3 Å². The molecule has 1 aliphatic heterocycles. The van der Waals surface area contributed by atoms with Crippen molar-refractivity contribution in [3.05, 3.63) is 23.2 Å². The van der Waals surface area contributed by atoms with E-state index in [4.69, 9.17) is 16.3 Å². The molecule has 96 valence electrons. The minimum Gasteiger partial charge on any atom is -0.495 e. The summed E-state index contributed by atoms with van der Waals surface area (Å²) >= 11 is 5.80. The molecule has 1 unspecified atom stereocenters. The first kappa shape index (κ1) is 14.1. The van der Waals surface area contributed by atoms with E-state index in [9.17, 15) is 0 Å². The summed E-state index contributed by atoms with van der Waals surface area (Å²) in [5, 5.41) is 6.94. The number of benzene rings is 1. The Hall–Kier alpha value is -0.930. The van der Waals surface area contributed by atoms with Gasteiger partial charge in [0.1, 0.15) is 5.75 Å². The van der Waals surface area contributed by atoms with Crippen LogP contribution in [-0.2, 0) is 0 Å². The predicted molar refractivity (Wildman–Crippen MR) is 74.2 cm³/mol. The molecule has 0 radical (unpaired) electrons. The van der Waals surface area contributed by atoms with Crippen LogP contribution >= 0.6 is 11.6 Å². The van der Waals surface area contributed by atoms with Gasteiger partial charge in [-0.25, -0.2) is 0 Å². The smallest absolute Gasteiger partial charge is 0.139 e. The Labute approximate surface area is 109 Å². The highest BCUT2D eigenvalue weighted by atomic mass is 35.5. The van der Waals surface area contributed by atoms with Crippen LogP contribution in [0.4, 0.5) is 5.69 Å². The number of hydrogen-bond donors (Lipinski definition) is 2. The molecule has 2 N–H and O–H groups in total. The number of ether oxygens (including phenoxy) is 1. The third kappa shape index (κ3) is 4.84. The average Bonchev–Trinajstić information content (AvgIpc) is 2.82. The highest BCUT2D eigenvalue weighted by molar-refractivity contribution is 6.32. The van der Waals surface area contributed by atoms with E-state index in [0.717, 1.165) is 11.7 Å². The van der Waals surface area contributed by atoms with Crippen LogP contribution in [0, 0.1) is 0 Å². The zero-order valence-corrected chi connectivity index (χ0v) is 11.5. The maximum Gasteiger partial charge on any atom is 0.139 e. The quantitative estimate of drug-likeness (QED) is 0.853. The minimum atomic E-state index is 0.631. The molecular weight excluding hydrogens is 236 g/mol. The molecule has 1 aromatic rings. The zero-order chi connectivity index (χ0) is 12.7. The maximum absolute atomic E-state index is 5.80. The summed E-state index contributed by atoms with van der Waals surface area (Å²) in [5.74, 6) is 0.693. The van der Waals surface area contributed by atoms with Crippen molar-refractivity contribution < 1.29 is 4.74 Å². The molecule has 0 spiro atoms. The fourth-order valence-electron chi connectivity index (χ4n) is 1.67. The third-order valence-electron chi connectivity index (χ3n) is 2.75. The molecule has 2 rings (SSSR count). The van der Waals surface area contributed by atoms with Gasteiger partial charge in [-0.05, 0) is 38.4 Å². The van der Waals surface area contributed by atoms with Gasteiger partial charge in [0.25, 0.3) is 0 Å². The molecule has 4 heteroatoms. The fourth-order valence-corrected chi connectivity index (χ4v) is 1.87. The SMILES string of the molecule is CC1CCCN1.CNc1ccc(Cl)c(OC)c1. The lowest BCUT2D eigenvalue weighted by Crippen LogP contribution is -2.16. The number of nitrogens with one attached hydrogen (secondary N) is 2. The van der Waals surface area contributed by atoms with Gasteiger partial charge >= 0.3 is 0 Å². The van der Waals surface area contributed by atoms with Crippen molar-refractivity contribution in [1.82, 2.24) is 5.32 Å². The average molecular weight is 257 g/mol. The summed E-state index contributed by atoms with van der Waals surface area (Å²) in [6, 6.07) is 6.34. The third-order valence-corrected chi connectivity index (χ3v) is 3.06. The lowest BCUT2D eigenvalue weighted by Gasteiger charge is -2.04. The van der Waals surface area contributed by atoms with Gasteiger partial charge in [0.05, 0.1) is 12.1 Å². The number of anilines is 1. The summed E-state index contributed by atoms with van der Waals surface area (Å²) in [6.07, 6.45) is 2.75. The van der Waals surface area contributed by atoms with Gasteiger partial charge in [0, 0.05) is 24.8 Å². The molecule has 1 saturated heterocycles. The monoisotopic (exact) mass is 256 g/mol. The second-order valence-electron chi connectivity index (χ2n) is 4.10. The molecule has 0 aromatic heterocycles. The molecule has 1 fully saturated rings. The second-order valence-corrected chi connectivity index (χ2v) is 4.50. The molecule has 3 nitrogen and oxygen atoms in total. The largest absolute Gasteiger partial charge is 0.495 e. The van der Waals surface area contributed by atoms with E-state index in [1.165, 1.54) is 19.4 Å². The summed E-state index contributed by atoms with van der Waals surface area (Å²) in [4.78, 5) is 0. The maximum atomic E-state index is 5.80. The van der Waals surface area contributed by atoms with Crippen LogP contribution in [0.15, 0.2) is 18.2 Å². The van der Waals surface area contributed by atoms with E-state index in [2.05, 4.69) is 17.6 Å². The van der Waals surface area contributed by atoms with Crippen LogP contribution in [0.1, 0.15) is 19.8 Å². The van der Waals surface area contributed by atoms with E-state index < -0.39 is 0 Å². The molecule has 0 bridgehead atoms. The van der Waals surface area contributed by atoms with Crippen LogP contribution in [0.25, 0.3) is 0 Å². The van der Waals surface area contributed by atoms with Crippen molar-refractivity contribution in [2.24, 2.45) is 0 Å². The van der Waals surface area contributed by atoms with Crippen molar-refractivity contribution in [2.45, 2.75) is 25.8 Å². The Kier molecular flexibility index (Phi) is 6.16. The Bertz CT molecular complexity index is 338. The van der Waals surface area contributed by atoms with Crippen LogP contribution < -0.4 is 15.4 Å². The normalized spacial score (nSPS) is 18.2. The number of rotatable bonds is 2. The van der Waals surface area contributed by atoms with E-state index in [1.54, 1.807) is 13.2 Å². The number of halogens is 1. The summed E-state index contributed by atoms with van der Waals surface area (Å²) in [5.41, 5.74) is 0.992. The van der Waals surface area contributed by atoms with Gasteiger partial charge in [-0.3, -0.25) is 0 Å². The molecule has 0 saturated carbocycles. The van der Waals surface area contributed by atoms with Gasteiger partial charge in [0.15, 0.2) is 0 Å². The highest BCUT2D eigenvalue weighted by Gasteiger charge is 2.05. The number of methoxy groups -OCH3 is 1. The molecule has 17 heavy (non-hydrogen) atoms. The van der Waals surface area contributed by atoms with Crippen molar-refractivity contribution in [3.8, 4) is 5.75 Å². The van der Waals surface area contributed by atoms with Crippen LogP contribution in [0.2, 0.25) is 5.02 Å². The van der Waals surface area contributed by atoms with Crippen molar-refractivity contribution in [2.75, 3.05) is 26.0 Å². The van der Waals surface area contributed by atoms with Crippen LogP contribution in [0.5, 0.6) is 5.75 Å². The predicted octanol–water partition coefficient (Wildman–Crippen LogP) is 3.15. The Morgan fingerprint density at radius 1 is 1.47 bits per heavy atom. The van der Waals surface area contributed by atoms with E-state index >= 15 is 0 Å². The summed E-state index contributed by atoms with van der Waals surface area (Å²) in [6.45, 7) is 3.47. The van der Waals surface area contributed by atoms with Crippen molar-refractivity contribution in [1.29, 1.82) is 0 Å². The topological polar surface area (TPSA) is 33.3 Å².